The smallest absolute Gasteiger partial charge is 0.336 e. The van der Waals surface area contributed by atoms with Crippen molar-refractivity contribution in [3.8, 4) is 17.1 Å². The van der Waals surface area contributed by atoms with Gasteiger partial charge in [0.25, 0.3) is 0 Å². The average Bonchev–Trinajstić information content (AvgIpc) is 2.53. The van der Waals surface area contributed by atoms with Gasteiger partial charge in [0.1, 0.15) is 5.75 Å². The molecular weight excluding hydrogens is 268 g/mol. The maximum Gasteiger partial charge on any atom is 0.336 e. The Bertz CT molecular complexity index is 816. The molecule has 2 heterocycles. The number of carboxylic acids is 1. The second-order valence-electron chi connectivity index (χ2n) is 4.46. The first kappa shape index (κ1) is 13.1. The third-order valence-corrected chi connectivity index (χ3v) is 3.17. The lowest BCUT2D eigenvalue weighted by Crippen LogP contribution is -2.01. The molecular formula is C16H12N2O3. The van der Waals surface area contributed by atoms with Crippen molar-refractivity contribution in [3.05, 3.63) is 54.2 Å². The van der Waals surface area contributed by atoms with E-state index in [9.17, 15) is 9.90 Å². The van der Waals surface area contributed by atoms with Crippen LogP contribution in [0.2, 0.25) is 0 Å². The molecule has 104 valence electrons. The van der Waals surface area contributed by atoms with Crippen LogP contribution in [0.5, 0.6) is 5.75 Å². The van der Waals surface area contributed by atoms with Crippen LogP contribution in [-0.4, -0.2) is 28.2 Å². The minimum absolute atomic E-state index is 0.198. The second kappa shape index (κ2) is 5.20. The molecule has 0 spiro atoms. The van der Waals surface area contributed by atoms with Crippen LogP contribution >= 0.6 is 0 Å². The summed E-state index contributed by atoms with van der Waals surface area (Å²) < 4.78 is 5.17. The number of carbonyl (C=O) groups is 1. The summed E-state index contributed by atoms with van der Waals surface area (Å²) in [5.41, 5.74) is 1.91. The highest BCUT2D eigenvalue weighted by molar-refractivity contribution is 6.03. The molecule has 0 unspecified atom stereocenters. The minimum atomic E-state index is -0.996. The number of benzene rings is 1. The van der Waals surface area contributed by atoms with Crippen LogP contribution in [0.1, 0.15) is 10.4 Å². The number of carboxylic acid groups (broad SMARTS) is 1. The zero-order valence-corrected chi connectivity index (χ0v) is 11.3. The summed E-state index contributed by atoms with van der Waals surface area (Å²) in [5, 5.41) is 9.97. The van der Waals surface area contributed by atoms with Crippen molar-refractivity contribution in [2.75, 3.05) is 7.11 Å². The van der Waals surface area contributed by atoms with Crippen LogP contribution in [0.4, 0.5) is 0 Å². The predicted molar refractivity (Wildman–Crippen MR) is 78.5 cm³/mol. The van der Waals surface area contributed by atoms with E-state index in [0.717, 1.165) is 0 Å². The van der Waals surface area contributed by atoms with Gasteiger partial charge in [-0.15, -0.1) is 0 Å². The van der Waals surface area contributed by atoms with Gasteiger partial charge < -0.3 is 9.84 Å². The van der Waals surface area contributed by atoms with Gasteiger partial charge in [-0.1, -0.05) is 6.07 Å². The van der Waals surface area contributed by atoms with Crippen molar-refractivity contribution in [2.45, 2.75) is 0 Å². The summed E-state index contributed by atoms with van der Waals surface area (Å²) in [5.74, 6) is -0.366. The standard InChI is InChI=1S/C16H12N2O3/c1-21-10-5-6-11-12(16(19)20)9-15(18-14(11)8-10)13-4-2-3-7-17-13/h2-9H,1H3,(H,19,20). The maximum atomic E-state index is 11.5. The van der Waals surface area contributed by atoms with Gasteiger partial charge in [0.2, 0.25) is 0 Å². The fourth-order valence-corrected chi connectivity index (χ4v) is 2.16. The largest absolute Gasteiger partial charge is 0.497 e. The first-order chi connectivity index (χ1) is 10.2. The molecule has 0 aliphatic carbocycles. The Labute approximate surface area is 120 Å². The number of fused-ring (bicyclic) bond motifs is 1. The molecule has 0 saturated heterocycles. The topological polar surface area (TPSA) is 72.3 Å². The van der Waals surface area contributed by atoms with Gasteiger partial charge in [-0.3, -0.25) is 4.98 Å². The van der Waals surface area contributed by atoms with E-state index in [1.54, 1.807) is 49.7 Å². The summed E-state index contributed by atoms with van der Waals surface area (Å²) in [6.45, 7) is 0. The van der Waals surface area contributed by atoms with Crippen LogP contribution < -0.4 is 4.74 Å². The number of aromatic nitrogens is 2. The normalized spacial score (nSPS) is 10.5. The zero-order valence-electron chi connectivity index (χ0n) is 11.3. The summed E-state index contributed by atoms with van der Waals surface area (Å²) in [7, 11) is 1.56. The van der Waals surface area contributed by atoms with Crippen LogP contribution in [0, 0.1) is 0 Å². The molecule has 0 amide bonds. The number of methoxy groups -OCH3 is 1. The van der Waals surface area contributed by atoms with E-state index in [1.165, 1.54) is 0 Å². The second-order valence-corrected chi connectivity index (χ2v) is 4.46. The van der Waals surface area contributed by atoms with Crippen molar-refractivity contribution in [1.29, 1.82) is 0 Å². The molecule has 21 heavy (non-hydrogen) atoms. The van der Waals surface area contributed by atoms with Gasteiger partial charge in [0, 0.05) is 17.6 Å². The van der Waals surface area contributed by atoms with Gasteiger partial charge in [-0.2, -0.15) is 0 Å². The van der Waals surface area contributed by atoms with E-state index < -0.39 is 5.97 Å². The summed E-state index contributed by atoms with van der Waals surface area (Å²) in [6.07, 6.45) is 1.65. The predicted octanol–water partition coefficient (Wildman–Crippen LogP) is 3.00. The molecule has 5 heteroatoms. The quantitative estimate of drug-likeness (QED) is 0.798. The molecule has 2 aromatic heterocycles. The number of pyridine rings is 2. The molecule has 5 nitrogen and oxygen atoms in total. The summed E-state index contributed by atoms with van der Waals surface area (Å²) in [4.78, 5) is 20.2. The number of ether oxygens (including phenoxy) is 1. The molecule has 0 aliphatic heterocycles. The van der Waals surface area contributed by atoms with E-state index >= 15 is 0 Å². The first-order valence-electron chi connectivity index (χ1n) is 6.32. The van der Waals surface area contributed by atoms with Crippen LogP contribution in [0.15, 0.2) is 48.7 Å². The molecule has 1 aromatic carbocycles. The van der Waals surface area contributed by atoms with E-state index in [-0.39, 0.29) is 5.56 Å². The highest BCUT2D eigenvalue weighted by atomic mass is 16.5. The van der Waals surface area contributed by atoms with Crippen LogP contribution in [0.25, 0.3) is 22.3 Å². The maximum absolute atomic E-state index is 11.5. The van der Waals surface area contributed by atoms with E-state index in [4.69, 9.17) is 4.74 Å². The number of rotatable bonds is 3. The third kappa shape index (κ3) is 2.41. The molecule has 0 fully saturated rings. The number of nitrogens with zero attached hydrogens (tertiary/aromatic N) is 2. The van der Waals surface area contributed by atoms with Gasteiger partial charge in [0.05, 0.1) is 29.6 Å². The number of hydrogen-bond acceptors (Lipinski definition) is 4. The Kier molecular flexibility index (Phi) is 3.23. The Morgan fingerprint density at radius 3 is 2.67 bits per heavy atom. The molecule has 0 aliphatic rings. The van der Waals surface area contributed by atoms with Crippen LogP contribution in [0.3, 0.4) is 0 Å². The van der Waals surface area contributed by atoms with Gasteiger partial charge in [-0.25, -0.2) is 9.78 Å². The SMILES string of the molecule is COc1ccc2c(C(=O)O)cc(-c3ccccn3)nc2c1. The Hall–Kier alpha value is -2.95. The highest BCUT2D eigenvalue weighted by Crippen LogP contribution is 2.26. The average molecular weight is 280 g/mol. The van der Waals surface area contributed by atoms with E-state index in [2.05, 4.69) is 9.97 Å². The third-order valence-electron chi connectivity index (χ3n) is 3.17. The minimum Gasteiger partial charge on any atom is -0.497 e. The molecule has 0 saturated carbocycles. The molecule has 0 atom stereocenters. The summed E-state index contributed by atoms with van der Waals surface area (Å²) in [6, 6.07) is 12.1. The Morgan fingerprint density at radius 2 is 2.00 bits per heavy atom. The van der Waals surface area contributed by atoms with Crippen molar-refractivity contribution in [3.63, 3.8) is 0 Å². The zero-order chi connectivity index (χ0) is 14.8. The molecule has 3 rings (SSSR count). The van der Waals surface area contributed by atoms with E-state index in [0.29, 0.717) is 28.0 Å². The van der Waals surface area contributed by atoms with Crippen molar-refractivity contribution in [1.82, 2.24) is 9.97 Å². The first-order valence-corrected chi connectivity index (χ1v) is 6.32. The number of hydrogen-bond donors (Lipinski definition) is 1. The van der Waals surface area contributed by atoms with Gasteiger partial charge >= 0.3 is 5.97 Å². The molecule has 1 N–H and O–H groups in total. The lowest BCUT2D eigenvalue weighted by Gasteiger charge is -2.08. The van der Waals surface area contributed by atoms with E-state index in [1.807, 2.05) is 6.07 Å². The molecule has 3 aromatic rings. The lowest BCUT2D eigenvalue weighted by atomic mass is 10.1. The molecule has 0 radical (unpaired) electrons. The van der Waals surface area contributed by atoms with Crippen LogP contribution in [-0.2, 0) is 0 Å². The van der Waals surface area contributed by atoms with Gasteiger partial charge in [-0.05, 0) is 30.3 Å². The van der Waals surface area contributed by atoms with Gasteiger partial charge in [0.15, 0.2) is 0 Å². The monoisotopic (exact) mass is 280 g/mol. The Morgan fingerprint density at radius 1 is 1.14 bits per heavy atom. The fourth-order valence-electron chi connectivity index (χ4n) is 2.16. The molecule has 0 bridgehead atoms. The van der Waals surface area contributed by atoms with Crippen molar-refractivity contribution < 1.29 is 14.6 Å². The van der Waals surface area contributed by atoms with Crippen molar-refractivity contribution >= 4 is 16.9 Å². The lowest BCUT2D eigenvalue weighted by molar-refractivity contribution is 0.0699. The number of aromatic carboxylic acids is 1. The van der Waals surface area contributed by atoms with Crippen molar-refractivity contribution in [2.24, 2.45) is 0 Å². The highest BCUT2D eigenvalue weighted by Gasteiger charge is 2.14. The fraction of sp³-hybridized carbons (Fsp3) is 0.0625. The summed E-state index contributed by atoms with van der Waals surface area (Å²) >= 11 is 0. The Balaban J connectivity index is 2.30.